The van der Waals surface area contributed by atoms with Crippen molar-refractivity contribution < 1.29 is 4.79 Å². The highest BCUT2D eigenvalue weighted by Crippen LogP contribution is 2.28. The Labute approximate surface area is 90.2 Å². The second kappa shape index (κ2) is 4.53. The second-order valence-corrected chi connectivity index (χ2v) is 5.70. The van der Waals surface area contributed by atoms with Crippen LogP contribution in [0, 0.1) is 0 Å². The van der Waals surface area contributed by atoms with E-state index in [0.29, 0.717) is 11.3 Å². The maximum Gasteiger partial charge on any atom is 0.239 e. The highest BCUT2D eigenvalue weighted by atomic mass is 32.2. The first-order valence-electron chi connectivity index (χ1n) is 5.06. The molecule has 0 aromatic rings. The molecule has 3 nitrogen and oxygen atoms in total. The molecular weight excluding hydrogens is 196 g/mol. The Morgan fingerprint density at radius 1 is 1.50 bits per heavy atom. The van der Waals surface area contributed by atoms with Crippen LogP contribution < -0.4 is 11.1 Å². The van der Waals surface area contributed by atoms with E-state index in [1.54, 1.807) is 13.8 Å². The van der Waals surface area contributed by atoms with E-state index in [1.807, 2.05) is 11.8 Å². The summed E-state index contributed by atoms with van der Waals surface area (Å²) in [6.07, 6.45) is 5.51. The molecule has 0 radical (unpaired) electrons. The zero-order valence-corrected chi connectivity index (χ0v) is 9.99. The molecule has 1 fully saturated rings. The first kappa shape index (κ1) is 11.9. The van der Waals surface area contributed by atoms with Crippen molar-refractivity contribution in [2.75, 3.05) is 6.26 Å². The molecule has 0 heterocycles. The highest BCUT2D eigenvalue weighted by molar-refractivity contribution is 7.99. The van der Waals surface area contributed by atoms with E-state index in [1.165, 1.54) is 6.42 Å². The van der Waals surface area contributed by atoms with Crippen LogP contribution in [0.25, 0.3) is 0 Å². The van der Waals surface area contributed by atoms with Gasteiger partial charge in [-0.05, 0) is 39.4 Å². The van der Waals surface area contributed by atoms with Gasteiger partial charge in [-0.25, -0.2) is 0 Å². The Hall–Kier alpha value is -0.220. The van der Waals surface area contributed by atoms with Gasteiger partial charge in [-0.1, -0.05) is 0 Å². The number of nitrogens with one attached hydrogen (secondary N) is 1. The Morgan fingerprint density at radius 2 is 2.14 bits per heavy atom. The van der Waals surface area contributed by atoms with Gasteiger partial charge in [0.1, 0.15) is 0 Å². The van der Waals surface area contributed by atoms with Crippen LogP contribution in [0.1, 0.15) is 33.1 Å². The molecule has 0 aromatic heterocycles. The predicted molar refractivity (Wildman–Crippen MR) is 61.4 cm³/mol. The fourth-order valence-corrected chi connectivity index (χ4v) is 2.45. The minimum absolute atomic E-state index is 0.0377. The van der Waals surface area contributed by atoms with Gasteiger partial charge in [0.2, 0.25) is 5.91 Å². The van der Waals surface area contributed by atoms with E-state index in [2.05, 4.69) is 11.6 Å². The van der Waals surface area contributed by atoms with Crippen molar-refractivity contribution >= 4 is 17.7 Å². The van der Waals surface area contributed by atoms with E-state index < -0.39 is 5.54 Å². The number of hydrogen-bond donors (Lipinski definition) is 2. The molecule has 0 spiro atoms. The van der Waals surface area contributed by atoms with Crippen LogP contribution >= 0.6 is 11.8 Å². The molecule has 2 unspecified atom stereocenters. The molecule has 4 heteroatoms. The standard InChI is InChI=1S/C10H20N2OS/c1-10(2,11)9(13)12-7-4-5-8(6-7)14-3/h7-8H,4-6,11H2,1-3H3,(H,12,13). The summed E-state index contributed by atoms with van der Waals surface area (Å²) in [7, 11) is 0. The van der Waals surface area contributed by atoms with Crippen molar-refractivity contribution in [2.24, 2.45) is 5.73 Å². The predicted octanol–water partition coefficient (Wildman–Crippen LogP) is 1.12. The first-order chi connectivity index (χ1) is 6.43. The van der Waals surface area contributed by atoms with Crippen LogP contribution in [0.2, 0.25) is 0 Å². The van der Waals surface area contributed by atoms with Gasteiger partial charge in [-0.3, -0.25) is 4.79 Å². The minimum atomic E-state index is -0.753. The molecule has 0 aromatic carbocycles. The average molecular weight is 216 g/mol. The molecule has 0 bridgehead atoms. The third-order valence-corrected chi connectivity index (χ3v) is 3.73. The average Bonchev–Trinajstić information content (AvgIpc) is 2.50. The zero-order valence-electron chi connectivity index (χ0n) is 9.17. The topological polar surface area (TPSA) is 55.1 Å². The van der Waals surface area contributed by atoms with Crippen LogP contribution in [0.5, 0.6) is 0 Å². The van der Waals surface area contributed by atoms with Crippen LogP contribution in [-0.2, 0) is 4.79 Å². The normalized spacial score (nSPS) is 27.7. The molecular formula is C10H20N2OS. The van der Waals surface area contributed by atoms with Gasteiger partial charge in [0.25, 0.3) is 0 Å². The fourth-order valence-electron chi connectivity index (χ4n) is 1.66. The van der Waals surface area contributed by atoms with E-state index in [0.717, 1.165) is 12.8 Å². The Morgan fingerprint density at radius 3 is 2.57 bits per heavy atom. The summed E-state index contributed by atoms with van der Waals surface area (Å²) in [5, 5.41) is 3.72. The highest BCUT2D eigenvalue weighted by Gasteiger charge is 2.29. The van der Waals surface area contributed by atoms with Gasteiger partial charge in [-0.15, -0.1) is 0 Å². The second-order valence-electron chi connectivity index (χ2n) is 4.56. The number of rotatable bonds is 3. The van der Waals surface area contributed by atoms with Gasteiger partial charge in [0, 0.05) is 11.3 Å². The lowest BCUT2D eigenvalue weighted by molar-refractivity contribution is -0.125. The number of amides is 1. The van der Waals surface area contributed by atoms with Crippen molar-refractivity contribution in [1.29, 1.82) is 0 Å². The number of nitrogens with two attached hydrogens (primary N) is 1. The number of carbonyl (C=O) groups is 1. The molecule has 0 saturated heterocycles. The summed E-state index contributed by atoms with van der Waals surface area (Å²) in [5.41, 5.74) is 4.95. The smallest absolute Gasteiger partial charge is 0.239 e. The third kappa shape index (κ3) is 3.17. The maximum absolute atomic E-state index is 11.6. The largest absolute Gasteiger partial charge is 0.352 e. The van der Waals surface area contributed by atoms with Crippen LogP contribution in [0.4, 0.5) is 0 Å². The van der Waals surface area contributed by atoms with Crippen molar-refractivity contribution in [2.45, 2.75) is 49.9 Å². The molecule has 0 aliphatic heterocycles. The third-order valence-electron chi connectivity index (χ3n) is 2.64. The lowest BCUT2D eigenvalue weighted by atomic mass is 10.1. The van der Waals surface area contributed by atoms with Gasteiger partial charge in [0.15, 0.2) is 0 Å². The Balaban J connectivity index is 2.36. The number of thioether (sulfide) groups is 1. The van der Waals surface area contributed by atoms with Gasteiger partial charge < -0.3 is 11.1 Å². The van der Waals surface area contributed by atoms with Gasteiger partial charge >= 0.3 is 0 Å². The van der Waals surface area contributed by atoms with Gasteiger partial charge in [-0.2, -0.15) is 11.8 Å². The molecule has 1 saturated carbocycles. The molecule has 14 heavy (non-hydrogen) atoms. The number of carbonyl (C=O) groups excluding carboxylic acids is 1. The van der Waals surface area contributed by atoms with Crippen LogP contribution in [-0.4, -0.2) is 29.0 Å². The molecule has 1 aliphatic carbocycles. The molecule has 2 atom stereocenters. The van der Waals surface area contributed by atoms with Crippen LogP contribution in [0.15, 0.2) is 0 Å². The Kier molecular flexibility index (Phi) is 3.84. The lowest BCUT2D eigenvalue weighted by Gasteiger charge is -2.21. The summed E-state index contributed by atoms with van der Waals surface area (Å²) < 4.78 is 0. The summed E-state index contributed by atoms with van der Waals surface area (Å²) >= 11 is 1.89. The summed E-state index contributed by atoms with van der Waals surface area (Å²) in [6, 6.07) is 0.336. The summed E-state index contributed by atoms with van der Waals surface area (Å²) in [5.74, 6) is -0.0377. The van der Waals surface area contributed by atoms with Crippen molar-refractivity contribution in [1.82, 2.24) is 5.32 Å². The fraction of sp³-hybridized carbons (Fsp3) is 0.900. The Bertz CT molecular complexity index is 213. The number of hydrogen-bond acceptors (Lipinski definition) is 3. The SMILES string of the molecule is CSC1CCC(NC(=O)C(C)(C)N)C1. The van der Waals surface area contributed by atoms with E-state index in [-0.39, 0.29) is 5.91 Å². The molecule has 1 rings (SSSR count). The van der Waals surface area contributed by atoms with Crippen molar-refractivity contribution in [3.63, 3.8) is 0 Å². The van der Waals surface area contributed by atoms with E-state index in [9.17, 15) is 4.79 Å². The van der Waals surface area contributed by atoms with Crippen molar-refractivity contribution in [3.8, 4) is 0 Å². The first-order valence-corrected chi connectivity index (χ1v) is 6.35. The van der Waals surface area contributed by atoms with E-state index in [4.69, 9.17) is 5.73 Å². The minimum Gasteiger partial charge on any atom is -0.352 e. The quantitative estimate of drug-likeness (QED) is 0.743. The molecule has 1 aliphatic rings. The zero-order chi connectivity index (χ0) is 10.8. The van der Waals surface area contributed by atoms with E-state index >= 15 is 0 Å². The van der Waals surface area contributed by atoms with Crippen molar-refractivity contribution in [3.05, 3.63) is 0 Å². The molecule has 3 N–H and O–H groups in total. The summed E-state index contributed by atoms with van der Waals surface area (Å²) in [4.78, 5) is 11.6. The maximum atomic E-state index is 11.6. The lowest BCUT2D eigenvalue weighted by Crippen LogP contribution is -2.51. The molecule has 1 amide bonds. The van der Waals surface area contributed by atoms with Crippen LogP contribution in [0.3, 0.4) is 0 Å². The van der Waals surface area contributed by atoms with Gasteiger partial charge in [0.05, 0.1) is 5.54 Å². The summed E-state index contributed by atoms with van der Waals surface area (Å²) in [6.45, 7) is 3.48. The molecule has 82 valence electrons. The monoisotopic (exact) mass is 216 g/mol.